The molecule has 1 atom stereocenters. The van der Waals surface area contributed by atoms with E-state index in [9.17, 15) is 4.79 Å². The monoisotopic (exact) mass is 255 g/mol. The third kappa shape index (κ3) is 2.37. The fraction of sp³-hybridized carbons (Fsp3) is 0.188. The molecule has 2 rings (SSSR count). The zero-order valence-electron chi connectivity index (χ0n) is 11.1. The molecular weight excluding hydrogens is 238 g/mol. The molecule has 0 saturated carbocycles. The number of nitrogens with two attached hydrogens (primary N) is 1. The van der Waals surface area contributed by atoms with E-state index in [0.29, 0.717) is 0 Å². The van der Waals surface area contributed by atoms with Crippen LogP contribution in [-0.2, 0) is 15.1 Å². The second-order valence-corrected chi connectivity index (χ2v) is 4.51. The maximum absolute atomic E-state index is 11.7. The number of carbonyl (C=O) groups excluding carboxylic acids is 1. The number of methoxy groups -OCH3 is 1. The Morgan fingerprint density at radius 1 is 1.05 bits per heavy atom. The van der Waals surface area contributed by atoms with Gasteiger partial charge in [0.2, 0.25) is 0 Å². The third-order valence-corrected chi connectivity index (χ3v) is 3.40. The first-order valence-corrected chi connectivity index (χ1v) is 6.09. The molecule has 0 aliphatic carbocycles. The van der Waals surface area contributed by atoms with Crippen molar-refractivity contribution < 1.29 is 9.53 Å². The van der Waals surface area contributed by atoms with Crippen molar-refractivity contribution in [3.05, 3.63) is 60.2 Å². The van der Waals surface area contributed by atoms with E-state index in [1.54, 1.807) is 6.92 Å². The molecule has 2 aromatic rings. The lowest BCUT2D eigenvalue weighted by Crippen LogP contribution is -2.40. The number of ether oxygens (including phenoxy) is 1. The van der Waals surface area contributed by atoms with E-state index < -0.39 is 11.5 Å². The summed E-state index contributed by atoms with van der Waals surface area (Å²) in [6.07, 6.45) is 0. The lowest BCUT2D eigenvalue weighted by atomic mass is 9.87. The van der Waals surface area contributed by atoms with Crippen LogP contribution < -0.4 is 5.73 Å². The van der Waals surface area contributed by atoms with E-state index in [0.717, 1.165) is 16.7 Å². The van der Waals surface area contributed by atoms with Crippen LogP contribution in [-0.4, -0.2) is 13.0 Å². The average molecular weight is 255 g/mol. The summed E-state index contributed by atoms with van der Waals surface area (Å²) in [5, 5.41) is 0. The third-order valence-electron chi connectivity index (χ3n) is 3.40. The van der Waals surface area contributed by atoms with Crippen LogP contribution in [0, 0.1) is 0 Å². The molecule has 1 unspecified atom stereocenters. The highest BCUT2D eigenvalue weighted by Gasteiger charge is 2.35. The SMILES string of the molecule is COC(C)(C(N)=O)c1ccccc1-c1ccccc1. The molecule has 2 N–H and O–H groups in total. The van der Waals surface area contributed by atoms with Crippen molar-refractivity contribution in [2.75, 3.05) is 7.11 Å². The van der Waals surface area contributed by atoms with E-state index >= 15 is 0 Å². The highest BCUT2D eigenvalue weighted by atomic mass is 16.5. The van der Waals surface area contributed by atoms with E-state index in [4.69, 9.17) is 10.5 Å². The highest BCUT2D eigenvalue weighted by molar-refractivity contribution is 5.87. The number of hydrogen-bond donors (Lipinski definition) is 1. The zero-order chi connectivity index (χ0) is 13.9. The zero-order valence-corrected chi connectivity index (χ0v) is 11.1. The van der Waals surface area contributed by atoms with E-state index in [1.807, 2.05) is 54.6 Å². The average Bonchev–Trinajstić information content (AvgIpc) is 2.47. The molecule has 0 aliphatic rings. The molecule has 0 bridgehead atoms. The van der Waals surface area contributed by atoms with Crippen LogP contribution in [0.1, 0.15) is 12.5 Å². The molecule has 3 nitrogen and oxygen atoms in total. The summed E-state index contributed by atoms with van der Waals surface area (Å²) in [4.78, 5) is 11.7. The number of carbonyl (C=O) groups is 1. The van der Waals surface area contributed by atoms with Gasteiger partial charge >= 0.3 is 0 Å². The van der Waals surface area contributed by atoms with E-state index in [1.165, 1.54) is 7.11 Å². The first kappa shape index (κ1) is 13.3. The summed E-state index contributed by atoms with van der Waals surface area (Å²) in [7, 11) is 1.49. The second kappa shape index (κ2) is 5.24. The maximum atomic E-state index is 11.7. The van der Waals surface area contributed by atoms with Crippen molar-refractivity contribution in [3.63, 3.8) is 0 Å². The predicted molar refractivity (Wildman–Crippen MR) is 75.4 cm³/mol. The predicted octanol–water partition coefficient (Wildman–Crippen LogP) is 2.70. The van der Waals surface area contributed by atoms with Gasteiger partial charge < -0.3 is 10.5 Å². The summed E-state index contributed by atoms with van der Waals surface area (Å²) in [6.45, 7) is 1.69. The number of hydrogen-bond acceptors (Lipinski definition) is 2. The minimum Gasteiger partial charge on any atom is -0.367 e. The summed E-state index contributed by atoms with van der Waals surface area (Å²) < 4.78 is 5.37. The minimum atomic E-state index is -1.13. The number of rotatable bonds is 4. The van der Waals surface area contributed by atoms with Crippen LogP contribution >= 0.6 is 0 Å². The molecule has 2 aromatic carbocycles. The van der Waals surface area contributed by atoms with E-state index in [2.05, 4.69) is 0 Å². The molecule has 0 saturated heterocycles. The lowest BCUT2D eigenvalue weighted by molar-refractivity contribution is -0.138. The first-order valence-electron chi connectivity index (χ1n) is 6.09. The second-order valence-electron chi connectivity index (χ2n) is 4.51. The Balaban J connectivity index is 2.63. The molecule has 0 heterocycles. The Kier molecular flexibility index (Phi) is 3.67. The number of primary amides is 1. The summed E-state index contributed by atoms with van der Waals surface area (Å²) in [6, 6.07) is 17.5. The van der Waals surface area contributed by atoms with Crippen LogP contribution in [0.15, 0.2) is 54.6 Å². The Morgan fingerprint density at radius 3 is 2.21 bits per heavy atom. The highest BCUT2D eigenvalue weighted by Crippen LogP contribution is 2.33. The van der Waals surface area contributed by atoms with E-state index in [-0.39, 0.29) is 0 Å². The number of benzene rings is 2. The van der Waals surface area contributed by atoms with Crippen molar-refractivity contribution in [1.29, 1.82) is 0 Å². The molecule has 0 aromatic heterocycles. The molecule has 19 heavy (non-hydrogen) atoms. The maximum Gasteiger partial charge on any atom is 0.254 e. The van der Waals surface area contributed by atoms with Gasteiger partial charge in [-0.15, -0.1) is 0 Å². The van der Waals surface area contributed by atoms with Crippen molar-refractivity contribution >= 4 is 5.91 Å². The molecule has 0 aliphatic heterocycles. The Labute approximate surface area is 113 Å². The summed E-state index contributed by atoms with van der Waals surface area (Å²) in [5.41, 5.74) is 7.12. The summed E-state index contributed by atoms with van der Waals surface area (Å²) in [5.74, 6) is -0.501. The standard InChI is InChI=1S/C16H17NO2/c1-16(19-2,15(17)18)14-11-7-6-10-13(14)12-8-4-3-5-9-12/h3-11H,1-2H3,(H2,17,18). The molecule has 0 fully saturated rings. The van der Waals surface area contributed by atoms with Gasteiger partial charge in [-0.1, -0.05) is 54.6 Å². The van der Waals surface area contributed by atoms with Gasteiger partial charge in [-0.2, -0.15) is 0 Å². The fourth-order valence-corrected chi connectivity index (χ4v) is 2.11. The molecule has 98 valence electrons. The van der Waals surface area contributed by atoms with Gasteiger partial charge in [0.05, 0.1) is 0 Å². The normalized spacial score (nSPS) is 13.8. The van der Waals surface area contributed by atoms with Gasteiger partial charge in [0, 0.05) is 12.7 Å². The van der Waals surface area contributed by atoms with Crippen LogP contribution in [0.5, 0.6) is 0 Å². The van der Waals surface area contributed by atoms with Crippen molar-refractivity contribution in [3.8, 4) is 11.1 Å². The largest absolute Gasteiger partial charge is 0.367 e. The fourth-order valence-electron chi connectivity index (χ4n) is 2.11. The van der Waals surface area contributed by atoms with Crippen molar-refractivity contribution in [2.45, 2.75) is 12.5 Å². The van der Waals surface area contributed by atoms with Gasteiger partial charge in [0.1, 0.15) is 0 Å². The number of amides is 1. The smallest absolute Gasteiger partial charge is 0.254 e. The van der Waals surface area contributed by atoms with Gasteiger partial charge in [0.25, 0.3) is 5.91 Å². The van der Waals surface area contributed by atoms with Crippen molar-refractivity contribution in [1.82, 2.24) is 0 Å². The minimum absolute atomic E-state index is 0.501. The molecule has 0 spiro atoms. The molecule has 0 radical (unpaired) electrons. The molecule has 3 heteroatoms. The van der Waals surface area contributed by atoms with Gasteiger partial charge in [0.15, 0.2) is 5.60 Å². The Hall–Kier alpha value is -2.13. The summed E-state index contributed by atoms with van der Waals surface area (Å²) >= 11 is 0. The van der Waals surface area contributed by atoms with Gasteiger partial charge in [-0.25, -0.2) is 0 Å². The molecular formula is C16H17NO2. The van der Waals surface area contributed by atoms with Crippen LogP contribution in [0.2, 0.25) is 0 Å². The van der Waals surface area contributed by atoms with Gasteiger partial charge in [-0.05, 0) is 18.1 Å². The molecule has 1 amide bonds. The Morgan fingerprint density at radius 2 is 1.63 bits per heavy atom. The van der Waals surface area contributed by atoms with Gasteiger partial charge in [-0.3, -0.25) is 4.79 Å². The first-order chi connectivity index (χ1) is 9.09. The Bertz CT molecular complexity index is 580. The lowest BCUT2D eigenvalue weighted by Gasteiger charge is -2.27. The topological polar surface area (TPSA) is 52.3 Å². The van der Waals surface area contributed by atoms with Crippen molar-refractivity contribution in [2.24, 2.45) is 5.73 Å². The van der Waals surface area contributed by atoms with Crippen LogP contribution in [0.3, 0.4) is 0 Å². The van der Waals surface area contributed by atoms with Crippen LogP contribution in [0.25, 0.3) is 11.1 Å². The quantitative estimate of drug-likeness (QED) is 0.913. The van der Waals surface area contributed by atoms with Crippen LogP contribution in [0.4, 0.5) is 0 Å².